The number of fused-ring (bicyclic) bond motifs is 1. The van der Waals surface area contributed by atoms with Crippen molar-refractivity contribution in [1.29, 1.82) is 0 Å². The summed E-state index contributed by atoms with van der Waals surface area (Å²) in [5, 5.41) is 19.1. The fourth-order valence-electron chi connectivity index (χ4n) is 2.75. The summed E-state index contributed by atoms with van der Waals surface area (Å²) in [6, 6.07) is 4.42. The Morgan fingerprint density at radius 2 is 2.10 bits per heavy atom. The zero-order valence-electron chi connectivity index (χ0n) is 11.1. The van der Waals surface area contributed by atoms with E-state index in [9.17, 15) is 18.7 Å². The molecule has 1 aromatic rings. The number of amides is 1. The van der Waals surface area contributed by atoms with E-state index in [1.165, 1.54) is 11.0 Å². The van der Waals surface area contributed by atoms with Crippen molar-refractivity contribution in [3.8, 4) is 0 Å². The van der Waals surface area contributed by atoms with Crippen molar-refractivity contribution >= 4 is 6.09 Å². The van der Waals surface area contributed by atoms with Gasteiger partial charge < -0.3 is 15.1 Å². The van der Waals surface area contributed by atoms with Crippen molar-refractivity contribution < 1.29 is 23.8 Å². The van der Waals surface area contributed by atoms with Gasteiger partial charge in [0.2, 0.25) is 0 Å². The lowest BCUT2D eigenvalue weighted by molar-refractivity contribution is -0.0123. The molecule has 20 heavy (non-hydrogen) atoms. The van der Waals surface area contributed by atoms with E-state index in [0.29, 0.717) is 17.5 Å². The predicted octanol–water partition coefficient (Wildman–Crippen LogP) is 2.41. The van der Waals surface area contributed by atoms with E-state index >= 15 is 0 Å². The quantitative estimate of drug-likeness (QED) is 0.896. The summed E-state index contributed by atoms with van der Waals surface area (Å²) in [7, 11) is 0. The highest BCUT2D eigenvalue weighted by atomic mass is 19.1. The number of carbonyl (C=O) groups is 1. The van der Waals surface area contributed by atoms with Crippen molar-refractivity contribution in [2.75, 3.05) is 19.9 Å². The summed E-state index contributed by atoms with van der Waals surface area (Å²) < 4.78 is 26.0. The minimum atomic E-state index is -2.14. The summed E-state index contributed by atoms with van der Waals surface area (Å²) >= 11 is 0. The Labute approximate surface area is 115 Å². The molecule has 6 heteroatoms. The SMILES string of the molecule is C[C@H]1c2cccc(C(O)(CF)CF)c2CCN1C(=O)O. The number of aliphatic hydroxyl groups is 1. The highest BCUT2D eigenvalue weighted by Crippen LogP contribution is 2.36. The van der Waals surface area contributed by atoms with Gasteiger partial charge in [-0.2, -0.15) is 0 Å². The van der Waals surface area contributed by atoms with Gasteiger partial charge in [0.15, 0.2) is 0 Å². The molecule has 0 unspecified atom stereocenters. The highest BCUT2D eigenvalue weighted by molar-refractivity contribution is 5.66. The van der Waals surface area contributed by atoms with Crippen molar-refractivity contribution in [2.45, 2.75) is 25.0 Å². The Morgan fingerprint density at radius 1 is 1.45 bits per heavy atom. The zero-order valence-corrected chi connectivity index (χ0v) is 11.1. The molecular weight excluding hydrogens is 268 g/mol. The molecule has 0 radical (unpaired) electrons. The number of alkyl halides is 2. The van der Waals surface area contributed by atoms with Crippen molar-refractivity contribution in [1.82, 2.24) is 4.90 Å². The van der Waals surface area contributed by atoms with Gasteiger partial charge in [-0.15, -0.1) is 0 Å². The average molecular weight is 285 g/mol. The molecule has 1 heterocycles. The maximum absolute atomic E-state index is 13.0. The topological polar surface area (TPSA) is 60.8 Å². The van der Waals surface area contributed by atoms with Crippen LogP contribution >= 0.6 is 0 Å². The van der Waals surface area contributed by atoms with E-state index in [0.717, 1.165) is 0 Å². The second-order valence-electron chi connectivity index (χ2n) is 5.07. The van der Waals surface area contributed by atoms with Crippen molar-refractivity contribution in [2.24, 2.45) is 0 Å². The van der Waals surface area contributed by atoms with E-state index < -0.39 is 31.1 Å². The molecule has 0 aliphatic carbocycles. The third-order valence-corrected chi connectivity index (χ3v) is 3.92. The Hall–Kier alpha value is -1.69. The van der Waals surface area contributed by atoms with Crippen LogP contribution in [0.5, 0.6) is 0 Å². The van der Waals surface area contributed by atoms with Gasteiger partial charge in [0, 0.05) is 6.54 Å². The largest absolute Gasteiger partial charge is 0.465 e. The molecule has 4 nitrogen and oxygen atoms in total. The zero-order chi connectivity index (χ0) is 14.9. The lowest BCUT2D eigenvalue weighted by Gasteiger charge is -2.36. The number of carboxylic acid groups (broad SMARTS) is 1. The fourth-order valence-corrected chi connectivity index (χ4v) is 2.75. The second-order valence-corrected chi connectivity index (χ2v) is 5.07. The number of rotatable bonds is 3. The Bertz CT molecular complexity index is 517. The molecule has 0 aromatic heterocycles. The lowest BCUT2D eigenvalue weighted by atomic mass is 9.83. The maximum Gasteiger partial charge on any atom is 0.407 e. The predicted molar refractivity (Wildman–Crippen MR) is 69.1 cm³/mol. The first-order valence-electron chi connectivity index (χ1n) is 6.40. The number of halogens is 2. The van der Waals surface area contributed by atoms with Gasteiger partial charge in [-0.3, -0.25) is 0 Å². The third-order valence-electron chi connectivity index (χ3n) is 3.92. The van der Waals surface area contributed by atoms with E-state index in [1.807, 2.05) is 0 Å². The molecule has 0 bridgehead atoms. The summed E-state index contributed by atoms with van der Waals surface area (Å²) in [4.78, 5) is 12.4. The molecule has 1 aromatic carbocycles. The minimum absolute atomic E-state index is 0.219. The first-order valence-corrected chi connectivity index (χ1v) is 6.40. The second kappa shape index (κ2) is 5.36. The number of nitrogens with zero attached hydrogens (tertiary/aromatic N) is 1. The summed E-state index contributed by atoms with van der Waals surface area (Å²) in [5.41, 5.74) is -0.583. The van der Waals surface area contributed by atoms with Crippen LogP contribution < -0.4 is 0 Å². The van der Waals surface area contributed by atoms with Gasteiger partial charge in [0.25, 0.3) is 0 Å². The Kier molecular flexibility index (Phi) is 3.94. The lowest BCUT2D eigenvalue weighted by Crippen LogP contribution is -2.40. The molecule has 2 N–H and O–H groups in total. The van der Waals surface area contributed by atoms with Crippen LogP contribution in [0.3, 0.4) is 0 Å². The van der Waals surface area contributed by atoms with Crippen LogP contribution in [0.25, 0.3) is 0 Å². The van der Waals surface area contributed by atoms with E-state index in [-0.39, 0.29) is 12.1 Å². The Morgan fingerprint density at radius 3 is 2.65 bits per heavy atom. The first kappa shape index (κ1) is 14.7. The molecule has 1 amide bonds. The molecule has 0 fully saturated rings. The maximum atomic E-state index is 13.0. The van der Waals surface area contributed by atoms with Gasteiger partial charge in [0.1, 0.15) is 19.0 Å². The average Bonchev–Trinajstić information content (AvgIpc) is 2.46. The third kappa shape index (κ3) is 2.24. The van der Waals surface area contributed by atoms with Gasteiger partial charge in [-0.1, -0.05) is 18.2 Å². The molecule has 1 aliphatic rings. The number of hydrogen-bond donors (Lipinski definition) is 2. The highest BCUT2D eigenvalue weighted by Gasteiger charge is 2.36. The fraction of sp³-hybridized carbons (Fsp3) is 0.500. The first-order chi connectivity index (χ1) is 9.44. The molecule has 0 saturated carbocycles. The number of hydrogen-bond acceptors (Lipinski definition) is 2. The molecule has 1 atom stereocenters. The van der Waals surface area contributed by atoms with Crippen LogP contribution in [0.15, 0.2) is 18.2 Å². The molecule has 0 saturated heterocycles. The van der Waals surface area contributed by atoms with Crippen molar-refractivity contribution in [3.63, 3.8) is 0 Å². The monoisotopic (exact) mass is 285 g/mol. The smallest absolute Gasteiger partial charge is 0.407 e. The van der Waals surface area contributed by atoms with E-state index in [1.54, 1.807) is 19.1 Å². The van der Waals surface area contributed by atoms with Crippen LogP contribution in [-0.2, 0) is 12.0 Å². The molecule has 1 aliphatic heterocycles. The van der Waals surface area contributed by atoms with E-state index in [2.05, 4.69) is 0 Å². The summed E-state index contributed by atoms with van der Waals surface area (Å²) in [6.07, 6.45) is -0.690. The molecular formula is C14H17F2NO3. The number of benzene rings is 1. The molecule has 110 valence electrons. The summed E-state index contributed by atoms with van der Waals surface area (Å²) in [5.74, 6) is 0. The van der Waals surface area contributed by atoms with Gasteiger partial charge >= 0.3 is 6.09 Å². The van der Waals surface area contributed by atoms with Crippen LogP contribution in [0, 0.1) is 0 Å². The van der Waals surface area contributed by atoms with Crippen LogP contribution in [0.4, 0.5) is 13.6 Å². The minimum Gasteiger partial charge on any atom is -0.465 e. The molecule has 0 spiro atoms. The van der Waals surface area contributed by atoms with Crippen LogP contribution in [0.2, 0.25) is 0 Å². The van der Waals surface area contributed by atoms with Gasteiger partial charge in [-0.25, -0.2) is 13.6 Å². The summed E-state index contributed by atoms with van der Waals surface area (Å²) in [6.45, 7) is -0.455. The van der Waals surface area contributed by atoms with Gasteiger partial charge in [-0.05, 0) is 30.0 Å². The Balaban J connectivity index is 2.50. The van der Waals surface area contributed by atoms with Crippen LogP contribution in [0.1, 0.15) is 29.7 Å². The standard InChI is InChI=1S/C14H17F2NO3/c1-9-10-3-2-4-12(14(20,7-15)8-16)11(10)5-6-17(9)13(18)19/h2-4,9,20H,5-8H2,1H3,(H,18,19)/t9-/m0/s1. The van der Waals surface area contributed by atoms with Gasteiger partial charge in [0.05, 0.1) is 6.04 Å². The van der Waals surface area contributed by atoms with Crippen LogP contribution in [-0.4, -0.2) is 41.1 Å². The van der Waals surface area contributed by atoms with E-state index in [4.69, 9.17) is 5.11 Å². The normalized spacial score (nSPS) is 18.8. The molecule has 2 rings (SSSR count). The van der Waals surface area contributed by atoms with Crippen molar-refractivity contribution in [3.05, 3.63) is 34.9 Å².